The van der Waals surface area contributed by atoms with Crippen LogP contribution in [0.25, 0.3) is 10.3 Å². The van der Waals surface area contributed by atoms with E-state index < -0.39 is 5.82 Å². The van der Waals surface area contributed by atoms with Gasteiger partial charge in [-0.05, 0) is 38.2 Å². The predicted octanol–water partition coefficient (Wildman–Crippen LogP) is 4.16. The fraction of sp³-hybridized carbons (Fsp3) is 0.267. The van der Waals surface area contributed by atoms with Crippen molar-refractivity contribution in [1.82, 2.24) is 14.1 Å². The second-order valence-corrected chi connectivity index (χ2v) is 7.07. The molecule has 0 aliphatic rings. The van der Waals surface area contributed by atoms with Crippen molar-refractivity contribution in [3.05, 3.63) is 54.7 Å². The molecule has 0 fully saturated rings. The molecule has 1 aromatic carbocycles. The van der Waals surface area contributed by atoms with Gasteiger partial charge in [0.1, 0.15) is 16.3 Å². The van der Waals surface area contributed by atoms with Gasteiger partial charge >= 0.3 is 0 Å². The monoisotopic (exact) mass is 369 g/mol. The first-order chi connectivity index (χ1) is 10.9. The number of hydrogen-bond acceptors (Lipinski definition) is 4. The number of aryl methyl sites for hydroxylation is 2. The molecule has 0 aliphatic carbocycles. The van der Waals surface area contributed by atoms with E-state index in [4.69, 9.17) is 23.8 Å². The zero-order chi connectivity index (χ0) is 16.7. The molecule has 23 heavy (non-hydrogen) atoms. The van der Waals surface area contributed by atoms with E-state index in [9.17, 15) is 9.18 Å². The van der Waals surface area contributed by atoms with Crippen molar-refractivity contribution in [2.45, 2.75) is 26.9 Å². The Morgan fingerprint density at radius 1 is 1.39 bits per heavy atom. The van der Waals surface area contributed by atoms with Crippen LogP contribution in [0, 0.1) is 16.7 Å². The van der Waals surface area contributed by atoms with E-state index >= 15 is 0 Å². The van der Waals surface area contributed by atoms with Crippen molar-refractivity contribution in [3.8, 4) is 0 Å². The Hall–Kier alpha value is -1.57. The minimum Gasteiger partial charge on any atom is -0.308 e. The van der Waals surface area contributed by atoms with Crippen LogP contribution in [0.3, 0.4) is 0 Å². The first-order valence-electron chi connectivity index (χ1n) is 6.97. The molecule has 0 bridgehead atoms. The van der Waals surface area contributed by atoms with Gasteiger partial charge in [-0.25, -0.2) is 9.37 Å². The van der Waals surface area contributed by atoms with Crippen LogP contribution in [0.1, 0.15) is 18.3 Å². The molecule has 0 radical (unpaired) electrons. The molecule has 0 spiro atoms. The highest BCUT2D eigenvalue weighted by Crippen LogP contribution is 2.22. The lowest BCUT2D eigenvalue weighted by molar-refractivity contribution is 0.591. The molecule has 2 heterocycles. The van der Waals surface area contributed by atoms with E-state index in [0.29, 0.717) is 26.7 Å². The summed E-state index contributed by atoms with van der Waals surface area (Å²) >= 11 is 12.6. The molecule has 2 aromatic heterocycles. The summed E-state index contributed by atoms with van der Waals surface area (Å²) in [7, 11) is 0. The SMILES string of the molecule is CCn1c(=S)sc2c(=O)n(Cc3c(F)cccc3Cl)c(C)nc21. The minimum absolute atomic E-state index is 0.0376. The Morgan fingerprint density at radius 2 is 2.13 bits per heavy atom. The van der Waals surface area contributed by atoms with E-state index in [2.05, 4.69) is 4.98 Å². The van der Waals surface area contributed by atoms with Crippen LogP contribution in [0.4, 0.5) is 4.39 Å². The lowest BCUT2D eigenvalue weighted by Crippen LogP contribution is -2.24. The zero-order valence-corrected chi connectivity index (χ0v) is 14.9. The lowest BCUT2D eigenvalue weighted by atomic mass is 10.2. The molecule has 0 saturated heterocycles. The molecule has 120 valence electrons. The first-order valence-corrected chi connectivity index (χ1v) is 8.58. The zero-order valence-electron chi connectivity index (χ0n) is 12.5. The fourth-order valence-electron chi connectivity index (χ4n) is 2.44. The molecule has 0 aliphatic heterocycles. The highest BCUT2D eigenvalue weighted by Gasteiger charge is 2.16. The van der Waals surface area contributed by atoms with Gasteiger partial charge in [0.25, 0.3) is 5.56 Å². The fourth-order valence-corrected chi connectivity index (χ4v) is 4.07. The van der Waals surface area contributed by atoms with Gasteiger partial charge < -0.3 is 4.57 Å². The molecular formula is C15H13ClFN3OS2. The highest BCUT2D eigenvalue weighted by atomic mass is 35.5. The Balaban J connectivity index is 2.23. The molecular weight excluding hydrogens is 357 g/mol. The third kappa shape index (κ3) is 2.73. The van der Waals surface area contributed by atoms with Crippen molar-refractivity contribution in [2.75, 3.05) is 0 Å². The molecule has 0 atom stereocenters. The highest BCUT2D eigenvalue weighted by molar-refractivity contribution is 7.73. The Bertz CT molecular complexity index is 1000. The van der Waals surface area contributed by atoms with Crippen LogP contribution in [-0.2, 0) is 13.1 Å². The minimum atomic E-state index is -0.442. The number of rotatable bonds is 3. The van der Waals surface area contributed by atoms with Crippen LogP contribution >= 0.6 is 35.2 Å². The van der Waals surface area contributed by atoms with E-state index in [1.54, 1.807) is 13.0 Å². The van der Waals surface area contributed by atoms with Gasteiger partial charge in [-0.15, -0.1) is 0 Å². The number of fused-ring (bicyclic) bond motifs is 1. The Morgan fingerprint density at radius 3 is 2.78 bits per heavy atom. The predicted molar refractivity (Wildman–Crippen MR) is 93.6 cm³/mol. The number of nitrogens with zero attached hydrogens (tertiary/aromatic N) is 3. The van der Waals surface area contributed by atoms with E-state index in [0.717, 1.165) is 0 Å². The van der Waals surface area contributed by atoms with Gasteiger partial charge in [-0.3, -0.25) is 9.36 Å². The summed E-state index contributed by atoms with van der Waals surface area (Å²) in [5.74, 6) is 0.0551. The largest absolute Gasteiger partial charge is 0.308 e. The summed E-state index contributed by atoms with van der Waals surface area (Å²) in [5, 5.41) is 0.287. The molecule has 3 aromatic rings. The molecule has 0 saturated carbocycles. The smallest absolute Gasteiger partial charge is 0.273 e. The maximum Gasteiger partial charge on any atom is 0.273 e. The number of halogens is 2. The van der Waals surface area contributed by atoms with Crippen molar-refractivity contribution in [3.63, 3.8) is 0 Å². The number of benzene rings is 1. The summed E-state index contributed by atoms with van der Waals surface area (Å²) in [4.78, 5) is 17.3. The summed E-state index contributed by atoms with van der Waals surface area (Å²) in [6.45, 7) is 4.35. The third-order valence-electron chi connectivity index (χ3n) is 3.66. The number of hydrogen-bond donors (Lipinski definition) is 0. The maximum absolute atomic E-state index is 14.0. The standard InChI is InChI=1S/C15H13ClFN3OS2/c1-3-19-13-12(23-15(19)22)14(21)20(8(2)18-13)7-9-10(16)5-4-6-11(9)17/h4-6H,3,7H2,1-2H3. The summed E-state index contributed by atoms with van der Waals surface area (Å²) < 4.78 is 18.3. The normalized spacial score (nSPS) is 11.3. The Labute approximate surface area is 145 Å². The quantitative estimate of drug-likeness (QED) is 0.651. The van der Waals surface area contributed by atoms with Crippen LogP contribution in [-0.4, -0.2) is 14.1 Å². The van der Waals surface area contributed by atoms with Crippen LogP contribution in [0.5, 0.6) is 0 Å². The van der Waals surface area contributed by atoms with Gasteiger partial charge in [0.2, 0.25) is 0 Å². The van der Waals surface area contributed by atoms with Crippen molar-refractivity contribution < 1.29 is 4.39 Å². The maximum atomic E-state index is 14.0. The topological polar surface area (TPSA) is 39.8 Å². The van der Waals surface area contributed by atoms with Crippen LogP contribution in [0.2, 0.25) is 5.02 Å². The molecule has 0 unspecified atom stereocenters. The molecule has 0 amide bonds. The number of thiazole rings is 1. The molecule has 4 nitrogen and oxygen atoms in total. The van der Waals surface area contributed by atoms with Gasteiger partial charge in [-0.1, -0.05) is 29.0 Å². The van der Waals surface area contributed by atoms with Gasteiger partial charge in [0.15, 0.2) is 9.60 Å². The third-order valence-corrected chi connectivity index (χ3v) is 5.44. The average Bonchev–Trinajstić information content (AvgIpc) is 2.81. The van der Waals surface area contributed by atoms with Crippen molar-refractivity contribution >= 4 is 45.5 Å². The van der Waals surface area contributed by atoms with E-state index in [1.165, 1.54) is 28.0 Å². The van der Waals surface area contributed by atoms with Crippen LogP contribution < -0.4 is 5.56 Å². The molecule has 8 heteroatoms. The second-order valence-electron chi connectivity index (χ2n) is 5.02. The van der Waals surface area contributed by atoms with Crippen molar-refractivity contribution in [2.24, 2.45) is 0 Å². The van der Waals surface area contributed by atoms with Crippen LogP contribution in [0.15, 0.2) is 23.0 Å². The summed E-state index contributed by atoms with van der Waals surface area (Å²) in [6, 6.07) is 4.46. The van der Waals surface area contributed by atoms with Gasteiger partial charge in [-0.2, -0.15) is 0 Å². The van der Waals surface area contributed by atoms with Gasteiger partial charge in [0.05, 0.1) is 6.54 Å². The van der Waals surface area contributed by atoms with E-state index in [-0.39, 0.29) is 22.7 Å². The van der Waals surface area contributed by atoms with Gasteiger partial charge in [0, 0.05) is 17.1 Å². The van der Waals surface area contributed by atoms with Crippen molar-refractivity contribution in [1.29, 1.82) is 0 Å². The lowest BCUT2D eigenvalue weighted by Gasteiger charge is -2.12. The second kappa shape index (κ2) is 6.14. The Kier molecular flexibility index (Phi) is 4.35. The molecule has 3 rings (SSSR count). The summed E-state index contributed by atoms with van der Waals surface area (Å²) in [6.07, 6.45) is 0. The number of aromatic nitrogens is 3. The first kappa shape index (κ1) is 16.3. The molecule has 0 N–H and O–H groups in total. The summed E-state index contributed by atoms with van der Waals surface area (Å²) in [5.41, 5.74) is 0.634. The van der Waals surface area contributed by atoms with E-state index in [1.807, 2.05) is 11.5 Å². The average molecular weight is 370 g/mol.